The molecule has 0 fully saturated rings. The first-order valence-electron chi connectivity index (χ1n) is 6.39. The number of nitrogens with one attached hydrogen (secondary N) is 1. The Morgan fingerprint density at radius 1 is 1.45 bits per heavy atom. The van der Waals surface area contributed by atoms with Gasteiger partial charge in [0.15, 0.2) is 7.29 Å². The third-order valence-electron chi connectivity index (χ3n) is 2.71. The minimum atomic E-state index is -3.71. The smallest absolute Gasteiger partial charge is 0.331 e. The molecule has 0 saturated heterocycles. The molecule has 0 radical (unpaired) electrons. The summed E-state index contributed by atoms with van der Waals surface area (Å²) in [6.07, 6.45) is 1.70. The molecule has 0 aliphatic heterocycles. The maximum absolute atomic E-state index is 12.8. The third-order valence-corrected chi connectivity index (χ3v) is 4.78. The maximum atomic E-state index is 12.8. The van der Waals surface area contributed by atoms with Gasteiger partial charge in [0.2, 0.25) is 5.82 Å². The Balaban J connectivity index is 2.15. The van der Waals surface area contributed by atoms with Gasteiger partial charge in [-0.25, -0.2) is 0 Å². The number of pyridine rings is 1. The fourth-order valence-electron chi connectivity index (χ4n) is 1.81. The molecule has 6 nitrogen and oxygen atoms in total. The van der Waals surface area contributed by atoms with E-state index in [0.29, 0.717) is 24.0 Å². The summed E-state index contributed by atoms with van der Waals surface area (Å²) in [5.41, 5.74) is 1.01. The number of hydrogen-bond donors (Lipinski definition) is 1. The normalized spacial score (nSPS) is 14.8. The monoisotopic (exact) mass is 350 g/mol. The van der Waals surface area contributed by atoms with Crippen molar-refractivity contribution in [1.82, 2.24) is 20.2 Å². The molecule has 120 valence electrons. The van der Waals surface area contributed by atoms with Crippen molar-refractivity contribution in [3.63, 3.8) is 0 Å². The van der Waals surface area contributed by atoms with E-state index in [9.17, 15) is 13.3 Å². The topological polar surface area (TPSA) is 80.9 Å². The van der Waals surface area contributed by atoms with E-state index in [1.807, 2.05) is 6.92 Å². The standard InChI is InChI=1S/C12H14ClF2N4O2P/c1-3-17-22(2,20)7-9-5-4-8(6-16-9)10-18-11(21-19-10)12(13,14)15/h4-6H,3,7H2,1-2H3,(H,17,20). The highest BCUT2D eigenvalue weighted by Crippen LogP contribution is 2.39. The first-order chi connectivity index (χ1) is 10.2. The van der Waals surface area contributed by atoms with Crippen LogP contribution in [0.3, 0.4) is 0 Å². The zero-order valence-corrected chi connectivity index (χ0v) is 13.5. The van der Waals surface area contributed by atoms with E-state index in [4.69, 9.17) is 11.6 Å². The number of rotatable bonds is 6. The SMILES string of the molecule is CCNP(C)(=O)Cc1ccc(-c2noc(C(F)(F)Cl)n2)cn1. The van der Waals surface area contributed by atoms with Crippen LogP contribution in [-0.2, 0) is 16.1 Å². The average molecular weight is 351 g/mol. The summed E-state index contributed by atoms with van der Waals surface area (Å²) >= 11 is 4.80. The van der Waals surface area contributed by atoms with E-state index >= 15 is 0 Å². The molecule has 2 heterocycles. The molecule has 0 aliphatic rings. The maximum Gasteiger partial charge on any atom is 0.400 e. The Bertz CT molecular complexity index is 687. The third kappa shape index (κ3) is 4.32. The molecule has 0 aromatic carbocycles. The predicted molar refractivity (Wildman–Crippen MR) is 78.2 cm³/mol. The van der Waals surface area contributed by atoms with Gasteiger partial charge < -0.3 is 9.09 Å². The van der Waals surface area contributed by atoms with Crippen molar-refractivity contribution in [2.24, 2.45) is 0 Å². The molecule has 2 aromatic heterocycles. The van der Waals surface area contributed by atoms with Gasteiger partial charge in [0.05, 0.1) is 6.16 Å². The second-order valence-electron chi connectivity index (χ2n) is 4.73. The quantitative estimate of drug-likeness (QED) is 0.635. The zero-order valence-electron chi connectivity index (χ0n) is 11.9. The van der Waals surface area contributed by atoms with E-state index in [0.717, 1.165) is 0 Å². The molecule has 1 N–H and O–H groups in total. The van der Waals surface area contributed by atoms with Gasteiger partial charge in [0.25, 0.3) is 0 Å². The van der Waals surface area contributed by atoms with Gasteiger partial charge >= 0.3 is 11.3 Å². The summed E-state index contributed by atoms with van der Waals surface area (Å²) in [7, 11) is -2.50. The molecule has 1 atom stereocenters. The molecule has 22 heavy (non-hydrogen) atoms. The Morgan fingerprint density at radius 3 is 2.68 bits per heavy atom. The summed E-state index contributed by atoms with van der Waals surface area (Å²) < 4.78 is 42.2. The van der Waals surface area contributed by atoms with Crippen LogP contribution in [0.1, 0.15) is 18.5 Å². The Morgan fingerprint density at radius 2 is 2.18 bits per heavy atom. The lowest BCUT2D eigenvalue weighted by molar-refractivity contribution is 0.0551. The molecule has 2 aromatic rings. The van der Waals surface area contributed by atoms with E-state index in [-0.39, 0.29) is 5.82 Å². The molecule has 0 spiro atoms. The summed E-state index contributed by atoms with van der Waals surface area (Å²) in [4.78, 5) is 7.66. The molecule has 0 aliphatic carbocycles. The number of halogens is 3. The van der Waals surface area contributed by atoms with Crippen molar-refractivity contribution < 1.29 is 17.9 Å². The van der Waals surface area contributed by atoms with Gasteiger partial charge in [-0.1, -0.05) is 12.1 Å². The highest BCUT2D eigenvalue weighted by molar-refractivity contribution is 7.60. The zero-order chi connectivity index (χ0) is 16.4. The second kappa shape index (κ2) is 6.40. The lowest BCUT2D eigenvalue weighted by Gasteiger charge is -2.12. The Kier molecular flexibility index (Phi) is 4.94. The van der Waals surface area contributed by atoms with E-state index < -0.39 is 18.6 Å². The molecule has 0 amide bonds. The molecule has 1 unspecified atom stereocenters. The van der Waals surface area contributed by atoms with Crippen LogP contribution in [0.5, 0.6) is 0 Å². The van der Waals surface area contributed by atoms with Gasteiger partial charge in [0, 0.05) is 24.1 Å². The molecule has 0 bridgehead atoms. The summed E-state index contributed by atoms with van der Waals surface area (Å²) in [6, 6.07) is 3.23. The highest BCUT2D eigenvalue weighted by Gasteiger charge is 2.35. The Hall–Kier alpha value is -1.37. The average Bonchev–Trinajstić information content (AvgIpc) is 2.88. The summed E-state index contributed by atoms with van der Waals surface area (Å²) in [5.74, 6) is -1.01. The fourth-order valence-corrected chi connectivity index (χ4v) is 3.47. The van der Waals surface area contributed by atoms with Gasteiger partial charge in [-0.05, 0) is 30.3 Å². The molecule has 0 saturated carbocycles. The van der Waals surface area contributed by atoms with Crippen LogP contribution < -0.4 is 5.09 Å². The number of hydrogen-bond acceptors (Lipinski definition) is 5. The Labute approximate surface area is 130 Å². The number of nitrogens with zero attached hydrogens (tertiary/aromatic N) is 3. The van der Waals surface area contributed by atoms with Crippen molar-refractivity contribution in [3.05, 3.63) is 29.9 Å². The van der Waals surface area contributed by atoms with E-state index in [1.54, 1.807) is 18.8 Å². The first-order valence-corrected chi connectivity index (χ1v) is 9.11. The highest BCUT2D eigenvalue weighted by atomic mass is 35.5. The lowest BCUT2D eigenvalue weighted by atomic mass is 10.2. The van der Waals surface area contributed by atoms with Gasteiger partial charge in [-0.2, -0.15) is 13.8 Å². The lowest BCUT2D eigenvalue weighted by Crippen LogP contribution is -2.10. The molecule has 10 heteroatoms. The van der Waals surface area contributed by atoms with Crippen LogP contribution >= 0.6 is 18.9 Å². The number of alkyl halides is 3. The van der Waals surface area contributed by atoms with Crippen LogP contribution in [0, 0.1) is 0 Å². The van der Waals surface area contributed by atoms with E-state index in [2.05, 4.69) is 24.7 Å². The van der Waals surface area contributed by atoms with Gasteiger partial charge in [0.1, 0.15) is 0 Å². The van der Waals surface area contributed by atoms with Crippen LogP contribution in [-0.4, -0.2) is 28.3 Å². The minimum absolute atomic E-state index is 0.0410. The fraction of sp³-hybridized carbons (Fsp3) is 0.417. The minimum Gasteiger partial charge on any atom is -0.331 e. The van der Waals surface area contributed by atoms with Crippen molar-refractivity contribution in [1.29, 1.82) is 0 Å². The summed E-state index contributed by atoms with van der Waals surface area (Å²) in [5, 5.41) is 2.63. The molecule has 2 rings (SSSR count). The van der Waals surface area contributed by atoms with Gasteiger partial charge in [-0.15, -0.1) is 0 Å². The van der Waals surface area contributed by atoms with Crippen molar-refractivity contribution in [2.75, 3.05) is 13.2 Å². The van der Waals surface area contributed by atoms with Crippen LogP contribution in [0.2, 0.25) is 0 Å². The molecular formula is C12H14ClF2N4O2P. The molecular weight excluding hydrogens is 337 g/mol. The van der Waals surface area contributed by atoms with Crippen LogP contribution in [0.15, 0.2) is 22.9 Å². The van der Waals surface area contributed by atoms with E-state index in [1.165, 1.54) is 6.20 Å². The number of aromatic nitrogens is 3. The second-order valence-corrected chi connectivity index (χ2v) is 8.04. The van der Waals surface area contributed by atoms with Crippen molar-refractivity contribution >= 4 is 18.9 Å². The first kappa shape index (κ1) is 17.0. The van der Waals surface area contributed by atoms with Crippen LogP contribution in [0.4, 0.5) is 8.78 Å². The van der Waals surface area contributed by atoms with Crippen molar-refractivity contribution in [2.45, 2.75) is 18.5 Å². The largest absolute Gasteiger partial charge is 0.400 e. The van der Waals surface area contributed by atoms with Gasteiger partial charge in [-0.3, -0.25) is 10.1 Å². The van der Waals surface area contributed by atoms with Crippen molar-refractivity contribution in [3.8, 4) is 11.4 Å². The van der Waals surface area contributed by atoms with Crippen LogP contribution in [0.25, 0.3) is 11.4 Å². The summed E-state index contributed by atoms with van der Waals surface area (Å²) in [6.45, 7) is 4.11. The predicted octanol–water partition coefficient (Wildman–Crippen LogP) is 3.44.